The lowest BCUT2D eigenvalue weighted by Crippen LogP contribution is -2.36. The third kappa shape index (κ3) is 3.62. The summed E-state index contributed by atoms with van der Waals surface area (Å²) in [6.45, 7) is 6.83. The van der Waals surface area contributed by atoms with Crippen molar-refractivity contribution in [1.29, 1.82) is 0 Å². The molecule has 1 aromatic carbocycles. The summed E-state index contributed by atoms with van der Waals surface area (Å²) in [4.78, 5) is 12.4. The molecule has 0 bridgehead atoms. The first kappa shape index (κ1) is 18.5. The van der Waals surface area contributed by atoms with Crippen LogP contribution in [0.25, 0.3) is 0 Å². The third-order valence-corrected chi connectivity index (χ3v) is 6.49. The Bertz CT molecular complexity index is 863. The smallest absolute Gasteiger partial charge is 0.235 e. The van der Waals surface area contributed by atoms with Crippen molar-refractivity contribution in [3.8, 4) is 0 Å². The third-order valence-electron chi connectivity index (χ3n) is 5.22. The zero-order valence-electron chi connectivity index (χ0n) is 15.8. The summed E-state index contributed by atoms with van der Waals surface area (Å²) in [5.41, 5.74) is 2.68. The second kappa shape index (κ2) is 6.95. The Kier molecular flexibility index (Phi) is 4.76. The van der Waals surface area contributed by atoms with Crippen molar-refractivity contribution in [3.63, 3.8) is 0 Å². The van der Waals surface area contributed by atoms with E-state index in [4.69, 9.17) is 9.84 Å². The van der Waals surface area contributed by atoms with Crippen LogP contribution in [0.5, 0.6) is 0 Å². The SMILES string of the molecule is Cc1nn([C@H]2CCOC(C)(C)C2)c2c1[C@H](c1ccc(F)cc1)SCC(=O)N2. The van der Waals surface area contributed by atoms with Gasteiger partial charge in [0.15, 0.2) is 0 Å². The maximum absolute atomic E-state index is 13.4. The molecule has 7 heteroatoms. The quantitative estimate of drug-likeness (QED) is 0.835. The first-order valence-electron chi connectivity index (χ1n) is 9.24. The predicted molar refractivity (Wildman–Crippen MR) is 105 cm³/mol. The summed E-state index contributed by atoms with van der Waals surface area (Å²) >= 11 is 1.56. The molecule has 144 valence electrons. The first-order valence-corrected chi connectivity index (χ1v) is 10.3. The van der Waals surface area contributed by atoms with Gasteiger partial charge in [0, 0.05) is 12.2 Å². The molecule has 5 nitrogen and oxygen atoms in total. The zero-order valence-corrected chi connectivity index (χ0v) is 16.6. The van der Waals surface area contributed by atoms with Crippen molar-refractivity contribution >= 4 is 23.5 Å². The number of aromatic nitrogens is 2. The van der Waals surface area contributed by atoms with Gasteiger partial charge in [0.1, 0.15) is 11.6 Å². The molecule has 0 saturated carbocycles. The van der Waals surface area contributed by atoms with Gasteiger partial charge in [-0.15, -0.1) is 11.8 Å². The maximum Gasteiger partial charge on any atom is 0.235 e. The van der Waals surface area contributed by atoms with Gasteiger partial charge in [-0.3, -0.25) is 4.79 Å². The summed E-state index contributed by atoms with van der Waals surface area (Å²) in [5.74, 6) is 0.844. The molecule has 3 heterocycles. The molecule has 1 amide bonds. The van der Waals surface area contributed by atoms with E-state index < -0.39 is 0 Å². The molecule has 1 aromatic heterocycles. The van der Waals surface area contributed by atoms with Gasteiger partial charge in [0.05, 0.1) is 28.3 Å². The molecule has 0 unspecified atom stereocenters. The summed E-state index contributed by atoms with van der Waals surface area (Å²) in [5, 5.41) is 7.83. The van der Waals surface area contributed by atoms with Crippen LogP contribution >= 0.6 is 11.8 Å². The number of carbonyl (C=O) groups is 1. The standard InChI is InChI=1S/C20H24FN3O2S/c1-12-17-18(13-4-6-14(21)7-5-13)27-11-16(25)22-19(17)24(23-12)15-8-9-26-20(2,3)10-15/h4-7,15,18H,8-11H2,1-3H3,(H,22,25)/t15-,18-/m0/s1. The van der Waals surface area contributed by atoms with E-state index in [0.29, 0.717) is 12.4 Å². The summed E-state index contributed by atoms with van der Waals surface area (Å²) in [7, 11) is 0. The number of amides is 1. The molecule has 4 rings (SSSR count). The van der Waals surface area contributed by atoms with Gasteiger partial charge in [-0.1, -0.05) is 12.1 Å². The average Bonchev–Trinajstić information content (AvgIpc) is 2.81. The summed E-state index contributed by atoms with van der Waals surface area (Å²) < 4.78 is 21.2. The molecule has 2 aliphatic heterocycles. The highest BCUT2D eigenvalue weighted by Gasteiger charge is 2.36. The number of rotatable bonds is 2. The summed E-state index contributed by atoms with van der Waals surface area (Å²) in [6, 6.07) is 6.70. The van der Waals surface area contributed by atoms with E-state index in [1.165, 1.54) is 12.1 Å². The minimum Gasteiger partial charge on any atom is -0.375 e. The number of fused-ring (bicyclic) bond motifs is 1. The lowest BCUT2D eigenvalue weighted by Gasteiger charge is -2.36. The van der Waals surface area contributed by atoms with E-state index in [-0.39, 0.29) is 28.6 Å². The number of nitrogens with one attached hydrogen (secondary N) is 1. The molecule has 2 aromatic rings. The van der Waals surface area contributed by atoms with Crippen LogP contribution in [0.1, 0.15) is 54.8 Å². The van der Waals surface area contributed by atoms with Gasteiger partial charge in [0.25, 0.3) is 0 Å². The van der Waals surface area contributed by atoms with E-state index in [1.807, 2.05) is 11.6 Å². The number of thioether (sulfide) groups is 1. The van der Waals surface area contributed by atoms with Crippen LogP contribution in [0.3, 0.4) is 0 Å². The van der Waals surface area contributed by atoms with Crippen LogP contribution < -0.4 is 5.32 Å². The number of hydrogen-bond acceptors (Lipinski definition) is 4. The molecule has 1 fully saturated rings. The molecule has 2 atom stereocenters. The highest BCUT2D eigenvalue weighted by atomic mass is 32.2. The Morgan fingerprint density at radius 2 is 2.07 bits per heavy atom. The first-order chi connectivity index (χ1) is 12.8. The molecule has 1 N–H and O–H groups in total. The fraction of sp³-hybridized carbons (Fsp3) is 0.500. The van der Waals surface area contributed by atoms with Crippen LogP contribution in [-0.4, -0.2) is 33.6 Å². The van der Waals surface area contributed by atoms with Gasteiger partial charge in [0.2, 0.25) is 5.91 Å². The lowest BCUT2D eigenvalue weighted by molar-refractivity contribution is -0.113. The average molecular weight is 389 g/mol. The second-order valence-corrected chi connectivity index (χ2v) is 8.93. The van der Waals surface area contributed by atoms with Gasteiger partial charge in [-0.25, -0.2) is 9.07 Å². The monoisotopic (exact) mass is 389 g/mol. The maximum atomic E-state index is 13.4. The number of carbonyl (C=O) groups excluding carboxylic acids is 1. The van der Waals surface area contributed by atoms with Crippen LogP contribution in [0.4, 0.5) is 10.2 Å². The lowest BCUT2D eigenvalue weighted by atomic mass is 9.94. The minimum atomic E-state index is -0.261. The van der Waals surface area contributed by atoms with Crippen LogP contribution in [-0.2, 0) is 9.53 Å². The minimum absolute atomic E-state index is 0.0293. The number of halogens is 1. The largest absolute Gasteiger partial charge is 0.375 e. The van der Waals surface area contributed by atoms with Crippen molar-refractivity contribution in [2.24, 2.45) is 0 Å². The molecule has 0 spiro atoms. The Hall–Kier alpha value is -1.86. The van der Waals surface area contributed by atoms with E-state index in [1.54, 1.807) is 23.9 Å². The number of benzene rings is 1. The highest BCUT2D eigenvalue weighted by molar-refractivity contribution is 8.00. The molecule has 0 aliphatic carbocycles. The molecular weight excluding hydrogens is 365 g/mol. The Labute approximate surface area is 162 Å². The number of aryl methyl sites for hydroxylation is 1. The van der Waals surface area contributed by atoms with E-state index in [9.17, 15) is 9.18 Å². The van der Waals surface area contributed by atoms with E-state index in [0.717, 1.165) is 35.5 Å². The molecule has 1 saturated heterocycles. The van der Waals surface area contributed by atoms with Crippen LogP contribution in [0.15, 0.2) is 24.3 Å². The van der Waals surface area contributed by atoms with Gasteiger partial charge in [-0.2, -0.15) is 5.10 Å². The number of hydrogen-bond donors (Lipinski definition) is 1. The fourth-order valence-electron chi connectivity index (χ4n) is 3.98. The zero-order chi connectivity index (χ0) is 19.2. The Morgan fingerprint density at radius 1 is 1.33 bits per heavy atom. The van der Waals surface area contributed by atoms with Crippen LogP contribution in [0, 0.1) is 12.7 Å². The Balaban J connectivity index is 1.78. The van der Waals surface area contributed by atoms with Gasteiger partial charge in [-0.05, 0) is 51.3 Å². The number of nitrogens with zero attached hydrogens (tertiary/aromatic N) is 2. The molecule has 27 heavy (non-hydrogen) atoms. The van der Waals surface area contributed by atoms with Crippen molar-refractivity contribution in [2.45, 2.75) is 50.5 Å². The molecule has 2 aliphatic rings. The van der Waals surface area contributed by atoms with Crippen molar-refractivity contribution < 1.29 is 13.9 Å². The van der Waals surface area contributed by atoms with Crippen molar-refractivity contribution in [3.05, 3.63) is 46.9 Å². The van der Waals surface area contributed by atoms with Crippen molar-refractivity contribution in [1.82, 2.24) is 9.78 Å². The van der Waals surface area contributed by atoms with E-state index >= 15 is 0 Å². The fourth-order valence-corrected chi connectivity index (χ4v) is 5.17. The highest BCUT2D eigenvalue weighted by Crippen LogP contribution is 2.45. The topological polar surface area (TPSA) is 56.2 Å². The summed E-state index contributed by atoms with van der Waals surface area (Å²) in [6.07, 6.45) is 1.70. The normalized spacial score (nSPS) is 24.8. The van der Waals surface area contributed by atoms with E-state index in [2.05, 4.69) is 19.2 Å². The van der Waals surface area contributed by atoms with Crippen LogP contribution in [0.2, 0.25) is 0 Å². The molecular formula is C20H24FN3O2S. The van der Waals surface area contributed by atoms with Gasteiger partial charge < -0.3 is 10.1 Å². The second-order valence-electron chi connectivity index (χ2n) is 7.84. The molecule has 0 radical (unpaired) electrons. The number of anilines is 1. The Morgan fingerprint density at radius 3 is 2.78 bits per heavy atom. The predicted octanol–water partition coefficient (Wildman–Crippen LogP) is 4.24. The van der Waals surface area contributed by atoms with Crippen molar-refractivity contribution in [2.75, 3.05) is 17.7 Å². The number of ether oxygens (including phenoxy) is 1. The van der Waals surface area contributed by atoms with Gasteiger partial charge >= 0.3 is 0 Å².